The summed E-state index contributed by atoms with van der Waals surface area (Å²) in [4.78, 5) is 26.6. The number of hydrogen-bond donors (Lipinski definition) is 4. The maximum atomic E-state index is 13.3. The lowest BCUT2D eigenvalue weighted by molar-refractivity contribution is 0.0956. The molecule has 10 rings (SSSR count). The van der Waals surface area contributed by atoms with Gasteiger partial charge in [0.2, 0.25) is 0 Å². The van der Waals surface area contributed by atoms with E-state index in [1.165, 1.54) is 45.0 Å². The maximum absolute atomic E-state index is 13.3. The molecule has 2 unspecified atom stereocenters. The number of benzene rings is 6. The highest BCUT2D eigenvalue weighted by molar-refractivity contribution is 7.81. The Hall–Kier alpha value is -7.62. The number of nitriles is 2. The minimum atomic E-state index is -2.56. The Morgan fingerprint density at radius 3 is 1.36 bits per heavy atom. The van der Waals surface area contributed by atoms with E-state index in [1.54, 1.807) is 74.8 Å². The van der Waals surface area contributed by atoms with Crippen molar-refractivity contribution in [2.24, 2.45) is 0 Å². The quantitative estimate of drug-likeness (QED) is 0.0464. The van der Waals surface area contributed by atoms with Gasteiger partial charge in [0.1, 0.15) is 46.3 Å². The molecule has 4 N–H and O–H groups in total. The van der Waals surface area contributed by atoms with Crippen molar-refractivity contribution in [2.75, 3.05) is 22.7 Å². The van der Waals surface area contributed by atoms with Crippen molar-refractivity contribution in [2.45, 2.75) is 50.6 Å². The number of furan rings is 2. The van der Waals surface area contributed by atoms with Gasteiger partial charge in [0.05, 0.1) is 46.7 Å². The first kappa shape index (κ1) is 50.9. The minimum Gasteiger partial charge on any atom is -0.525 e. The van der Waals surface area contributed by atoms with Gasteiger partial charge in [0.25, 0.3) is 34.3 Å². The van der Waals surface area contributed by atoms with Crippen LogP contribution in [-0.4, -0.2) is 51.1 Å². The lowest BCUT2D eigenvalue weighted by atomic mass is 9.97. The fraction of sp³-hybridized carbons (Fsp3) is 0.185. The van der Waals surface area contributed by atoms with E-state index in [-0.39, 0.29) is 70.7 Å². The van der Waals surface area contributed by atoms with Crippen LogP contribution in [0.1, 0.15) is 91.6 Å². The second-order valence-electron chi connectivity index (χ2n) is 17.9. The van der Waals surface area contributed by atoms with Gasteiger partial charge in [-0.1, -0.05) is 23.2 Å². The van der Waals surface area contributed by atoms with Gasteiger partial charge >= 0.3 is 7.69 Å². The smallest absolute Gasteiger partial charge is 0.525 e. The lowest BCUT2D eigenvalue weighted by Crippen LogP contribution is -2.25. The van der Waals surface area contributed by atoms with Crippen molar-refractivity contribution >= 4 is 98.5 Å². The molecular weight excluding hydrogens is 1040 g/mol. The third-order valence-corrected chi connectivity index (χ3v) is 15.1. The molecule has 2 saturated carbocycles. The Labute approximate surface area is 445 Å². The zero-order valence-electron chi connectivity index (χ0n) is 39.9. The van der Waals surface area contributed by atoms with Crippen LogP contribution in [0.4, 0.5) is 11.4 Å². The number of halogens is 2. The highest BCUT2D eigenvalue weighted by Gasteiger charge is 2.33. The highest BCUT2D eigenvalue weighted by Crippen LogP contribution is 2.47. The molecule has 2 amide bonds. The van der Waals surface area contributed by atoms with E-state index in [4.69, 9.17) is 41.3 Å². The van der Waals surface area contributed by atoms with Crippen molar-refractivity contribution in [3.8, 4) is 46.3 Å². The number of hydrogen-bond acceptors (Lipinski definition) is 10. The first-order chi connectivity index (χ1) is 36.3. The van der Waals surface area contributed by atoms with Crippen LogP contribution in [-0.2, 0) is 35.6 Å². The number of amides is 2. The summed E-state index contributed by atoms with van der Waals surface area (Å²) in [6.45, 7) is -0.114. The number of fused-ring (bicyclic) bond motifs is 2. The molecule has 75 heavy (non-hydrogen) atoms. The van der Waals surface area contributed by atoms with E-state index in [0.717, 1.165) is 44.5 Å². The number of nitrogens with one attached hydrogen (secondary N) is 2. The SMILES string of the molecule is CNC(=O)c1c(-c2ccc(Cl)cc2)oc2cc(CN(c3ccc(O[B]Oc4ccc(N(Cc5cc6oc(-c7ccc(Cl)cc7)c(C(=O)NC)c6cc5C5CC5)S(=O)O)cc4C#N)c(C#N)c3)S(=O)O)c(C3CC3)cc12. The molecule has 0 aliphatic heterocycles. The third kappa shape index (κ3) is 10.4. The van der Waals surface area contributed by atoms with Gasteiger partial charge in [0, 0.05) is 46.0 Å². The summed E-state index contributed by atoms with van der Waals surface area (Å²) in [7, 11) is 4.01. The van der Waals surface area contributed by atoms with Crippen LogP contribution in [0.15, 0.2) is 118 Å². The van der Waals surface area contributed by atoms with Gasteiger partial charge in [0.15, 0.2) is 0 Å². The number of rotatable bonds is 18. The van der Waals surface area contributed by atoms with Crippen LogP contribution in [0.2, 0.25) is 10.0 Å². The molecular formula is C54H42BCl2N6O10S2. The summed E-state index contributed by atoms with van der Waals surface area (Å²) in [6, 6.07) is 34.1. The summed E-state index contributed by atoms with van der Waals surface area (Å²) in [5, 5.41) is 28.1. The monoisotopic (exact) mass is 1080 g/mol. The van der Waals surface area contributed by atoms with Gasteiger partial charge < -0.3 is 28.8 Å². The molecule has 8 aromatic rings. The lowest BCUT2D eigenvalue weighted by Gasteiger charge is -2.23. The van der Waals surface area contributed by atoms with Gasteiger partial charge in [-0.05, 0) is 169 Å². The van der Waals surface area contributed by atoms with E-state index in [9.17, 15) is 37.6 Å². The van der Waals surface area contributed by atoms with E-state index in [2.05, 4.69) is 22.8 Å². The second kappa shape index (κ2) is 21.3. The summed E-state index contributed by atoms with van der Waals surface area (Å²) in [6.07, 6.45) is 3.58. The molecule has 2 aromatic heterocycles. The fourth-order valence-corrected chi connectivity index (χ4v) is 10.5. The largest absolute Gasteiger partial charge is 0.658 e. The van der Waals surface area contributed by atoms with Crippen molar-refractivity contribution in [1.82, 2.24) is 10.6 Å². The topological polar surface area (TPSA) is 232 Å². The van der Waals surface area contributed by atoms with Gasteiger partial charge in [-0.15, -0.1) is 0 Å². The van der Waals surface area contributed by atoms with E-state index in [0.29, 0.717) is 76.9 Å². The molecule has 1 radical (unpaired) electrons. The zero-order valence-corrected chi connectivity index (χ0v) is 43.0. The normalized spacial score (nSPS) is 13.9. The number of anilines is 2. The summed E-state index contributed by atoms with van der Waals surface area (Å²) in [5.41, 5.74) is 6.47. The predicted molar refractivity (Wildman–Crippen MR) is 287 cm³/mol. The molecule has 0 spiro atoms. The number of nitrogens with zero attached hydrogens (tertiary/aromatic N) is 4. The Morgan fingerprint density at radius 1 is 0.640 bits per heavy atom. The first-order valence-corrected chi connectivity index (χ1v) is 26.3. The minimum absolute atomic E-state index is 0.00388. The maximum Gasteiger partial charge on any atom is 0.658 e. The van der Waals surface area contributed by atoms with E-state index >= 15 is 0 Å². The van der Waals surface area contributed by atoms with Crippen molar-refractivity contribution in [3.63, 3.8) is 0 Å². The Bertz CT molecular complexity index is 3480. The molecule has 2 aliphatic rings. The predicted octanol–water partition coefficient (Wildman–Crippen LogP) is 11.3. The molecule has 2 fully saturated rings. The Morgan fingerprint density at radius 2 is 1.03 bits per heavy atom. The molecule has 21 heteroatoms. The van der Waals surface area contributed by atoms with Crippen LogP contribution < -0.4 is 28.6 Å². The zero-order chi connectivity index (χ0) is 52.7. The Balaban J connectivity index is 0.868. The third-order valence-electron chi connectivity index (χ3n) is 13.2. The molecule has 2 aliphatic carbocycles. The summed E-state index contributed by atoms with van der Waals surface area (Å²) in [5.74, 6) is 0.438. The Kier molecular flexibility index (Phi) is 14.5. The summed E-state index contributed by atoms with van der Waals surface area (Å²) < 4.78 is 74.0. The van der Waals surface area contributed by atoms with Crippen molar-refractivity contribution in [3.05, 3.63) is 164 Å². The van der Waals surface area contributed by atoms with Crippen molar-refractivity contribution < 1.29 is 45.3 Å². The van der Waals surface area contributed by atoms with E-state index in [1.807, 2.05) is 12.1 Å². The van der Waals surface area contributed by atoms with Crippen LogP contribution in [0.25, 0.3) is 44.6 Å². The molecule has 2 atom stereocenters. The molecule has 6 aromatic carbocycles. The molecule has 16 nitrogen and oxygen atoms in total. The fourth-order valence-electron chi connectivity index (χ4n) is 9.17. The van der Waals surface area contributed by atoms with Gasteiger partial charge in [-0.3, -0.25) is 27.3 Å². The van der Waals surface area contributed by atoms with E-state index < -0.39 is 22.5 Å². The average Bonchev–Trinajstić information content (AvgIpc) is 4.37. The second-order valence-corrected chi connectivity index (χ2v) is 20.6. The molecule has 0 bridgehead atoms. The van der Waals surface area contributed by atoms with Gasteiger partial charge in [-0.2, -0.15) is 10.5 Å². The number of carbonyl (C=O) groups excluding carboxylic acids is 2. The highest BCUT2D eigenvalue weighted by atomic mass is 35.5. The molecule has 2 heterocycles. The standard InChI is InChI=1S/C54H42BCl2N6O10S2/c1-60-53(64)49-43-23-41(29-3-4-29)35(21-47(43)70-51(49)31-7-11-37(56)12-8-31)27-62(74(66)67)39-15-17-45(33(19-39)25-58)72-55-73-46-18-16-40(20-34(46)26-59)63(75(68)69)28-36-22-48-44(24-42(36)30-5-6-30)50(54(65)61-2)52(71-48)32-9-13-38(57)14-10-32/h7-24,29-30H,3-6,27-28H2,1-2H3,(H,60,64)(H,61,65)(H,66,67)(H,68,69). The van der Waals surface area contributed by atoms with Gasteiger partial charge in [-0.25, -0.2) is 8.42 Å². The average molecular weight is 1080 g/mol. The number of carbonyl (C=O) groups is 2. The van der Waals surface area contributed by atoms with Crippen molar-refractivity contribution in [1.29, 1.82) is 10.5 Å². The van der Waals surface area contributed by atoms with Crippen LogP contribution in [0, 0.1) is 22.7 Å². The molecule has 377 valence electrons. The molecule has 0 saturated heterocycles. The summed E-state index contributed by atoms with van der Waals surface area (Å²) >= 11 is 7.18. The van der Waals surface area contributed by atoms with Crippen LogP contribution in [0.5, 0.6) is 11.5 Å². The van der Waals surface area contributed by atoms with Crippen LogP contribution in [0.3, 0.4) is 0 Å². The van der Waals surface area contributed by atoms with Crippen LogP contribution >= 0.6 is 23.2 Å². The first-order valence-electron chi connectivity index (χ1n) is 23.4.